The number of hydrogen-bond acceptors (Lipinski definition) is 4. The maximum atomic E-state index is 12.9. The summed E-state index contributed by atoms with van der Waals surface area (Å²) in [6.45, 7) is 4.38. The normalized spacial score (nSPS) is 17.4. The fourth-order valence-electron chi connectivity index (χ4n) is 4.07. The number of nitrogens with zero attached hydrogens (tertiary/aromatic N) is 2. The highest BCUT2D eigenvalue weighted by molar-refractivity contribution is 7.99. The van der Waals surface area contributed by atoms with Crippen molar-refractivity contribution in [1.29, 1.82) is 0 Å². The Morgan fingerprint density at radius 2 is 1.93 bits per heavy atom. The molecule has 1 N–H and O–H groups in total. The summed E-state index contributed by atoms with van der Waals surface area (Å²) in [5, 5.41) is 4.52. The Labute approximate surface area is 165 Å². The molecule has 5 heteroatoms. The van der Waals surface area contributed by atoms with E-state index in [2.05, 4.69) is 34.3 Å². The quantitative estimate of drug-likeness (QED) is 0.765. The van der Waals surface area contributed by atoms with Gasteiger partial charge in [0.05, 0.1) is 5.56 Å². The molecule has 1 aromatic heterocycles. The van der Waals surface area contributed by atoms with Gasteiger partial charge in [-0.25, -0.2) is 4.98 Å². The van der Waals surface area contributed by atoms with Gasteiger partial charge in [-0.3, -0.25) is 4.79 Å². The van der Waals surface area contributed by atoms with Crippen LogP contribution in [0.5, 0.6) is 0 Å². The number of carbonyl (C=O) groups is 1. The van der Waals surface area contributed by atoms with E-state index in [1.807, 2.05) is 18.2 Å². The third-order valence-electron chi connectivity index (χ3n) is 5.50. The highest BCUT2D eigenvalue weighted by Crippen LogP contribution is 2.35. The third-order valence-corrected chi connectivity index (χ3v) is 6.85. The van der Waals surface area contributed by atoms with Crippen molar-refractivity contribution in [3.05, 3.63) is 47.7 Å². The summed E-state index contributed by atoms with van der Waals surface area (Å²) in [6, 6.07) is 9.94. The Bertz CT molecular complexity index is 811. The SMILES string of the molecule is Cc1cc(NC(=O)c2cccnc2SC2CCCC2)ccc1N1CCCC1. The van der Waals surface area contributed by atoms with Crippen LogP contribution in [0.15, 0.2) is 41.6 Å². The van der Waals surface area contributed by atoms with Gasteiger partial charge in [-0.15, -0.1) is 11.8 Å². The number of anilines is 2. The van der Waals surface area contributed by atoms with Crippen LogP contribution in [0.2, 0.25) is 0 Å². The first-order valence-electron chi connectivity index (χ1n) is 9.99. The van der Waals surface area contributed by atoms with E-state index < -0.39 is 0 Å². The number of aryl methyl sites for hydroxylation is 1. The number of aromatic nitrogens is 1. The summed E-state index contributed by atoms with van der Waals surface area (Å²) in [6.07, 6.45) is 9.33. The molecule has 142 valence electrons. The lowest BCUT2D eigenvalue weighted by molar-refractivity contribution is 0.102. The fraction of sp³-hybridized carbons (Fsp3) is 0.455. The van der Waals surface area contributed by atoms with Crippen molar-refractivity contribution in [2.75, 3.05) is 23.3 Å². The van der Waals surface area contributed by atoms with Crippen LogP contribution in [-0.4, -0.2) is 29.2 Å². The molecule has 1 aliphatic carbocycles. The lowest BCUT2D eigenvalue weighted by atomic mass is 10.1. The minimum atomic E-state index is -0.0723. The molecule has 1 amide bonds. The zero-order chi connectivity index (χ0) is 18.6. The summed E-state index contributed by atoms with van der Waals surface area (Å²) < 4.78 is 0. The van der Waals surface area contributed by atoms with E-state index in [1.165, 1.54) is 49.8 Å². The molecule has 0 unspecified atom stereocenters. The van der Waals surface area contributed by atoms with Crippen LogP contribution in [0.3, 0.4) is 0 Å². The van der Waals surface area contributed by atoms with E-state index >= 15 is 0 Å². The molecule has 2 heterocycles. The average molecular weight is 382 g/mol. The Morgan fingerprint density at radius 3 is 2.67 bits per heavy atom. The van der Waals surface area contributed by atoms with Crippen LogP contribution in [0.1, 0.15) is 54.4 Å². The van der Waals surface area contributed by atoms with Crippen molar-refractivity contribution in [2.24, 2.45) is 0 Å². The first kappa shape index (κ1) is 18.4. The smallest absolute Gasteiger partial charge is 0.258 e. The number of pyridine rings is 1. The Kier molecular flexibility index (Phi) is 5.67. The summed E-state index contributed by atoms with van der Waals surface area (Å²) in [7, 11) is 0. The van der Waals surface area contributed by atoms with Gasteiger partial charge in [0, 0.05) is 35.9 Å². The van der Waals surface area contributed by atoms with Gasteiger partial charge in [0.25, 0.3) is 5.91 Å². The van der Waals surface area contributed by atoms with Gasteiger partial charge in [0.2, 0.25) is 0 Å². The Morgan fingerprint density at radius 1 is 1.15 bits per heavy atom. The van der Waals surface area contributed by atoms with E-state index in [0.29, 0.717) is 10.8 Å². The first-order valence-corrected chi connectivity index (χ1v) is 10.9. The lowest BCUT2D eigenvalue weighted by Gasteiger charge is -2.21. The van der Waals surface area contributed by atoms with Crippen molar-refractivity contribution in [2.45, 2.75) is 55.7 Å². The summed E-state index contributed by atoms with van der Waals surface area (Å²) in [5.74, 6) is -0.0723. The van der Waals surface area contributed by atoms with Crippen LogP contribution in [-0.2, 0) is 0 Å². The van der Waals surface area contributed by atoms with E-state index in [4.69, 9.17) is 0 Å². The number of carbonyl (C=O) groups excluding carboxylic acids is 1. The molecule has 1 saturated carbocycles. The van der Waals surface area contributed by atoms with E-state index in [1.54, 1.807) is 18.0 Å². The summed E-state index contributed by atoms with van der Waals surface area (Å²) >= 11 is 1.76. The van der Waals surface area contributed by atoms with Crippen molar-refractivity contribution >= 4 is 29.0 Å². The number of benzene rings is 1. The lowest BCUT2D eigenvalue weighted by Crippen LogP contribution is -2.19. The maximum Gasteiger partial charge on any atom is 0.258 e. The van der Waals surface area contributed by atoms with Crippen LogP contribution < -0.4 is 10.2 Å². The molecular formula is C22H27N3OS. The molecule has 0 radical (unpaired) electrons. The van der Waals surface area contributed by atoms with Crippen molar-refractivity contribution < 1.29 is 4.79 Å². The molecule has 0 atom stereocenters. The molecule has 1 aliphatic heterocycles. The van der Waals surface area contributed by atoms with Gasteiger partial charge in [0.15, 0.2) is 0 Å². The molecule has 27 heavy (non-hydrogen) atoms. The molecule has 4 rings (SSSR count). The number of hydrogen-bond donors (Lipinski definition) is 1. The second kappa shape index (κ2) is 8.34. The molecular weight excluding hydrogens is 354 g/mol. The highest BCUT2D eigenvalue weighted by atomic mass is 32.2. The van der Waals surface area contributed by atoms with Crippen LogP contribution >= 0.6 is 11.8 Å². The van der Waals surface area contributed by atoms with Gasteiger partial charge in [-0.1, -0.05) is 12.8 Å². The van der Waals surface area contributed by atoms with Crippen LogP contribution in [0.4, 0.5) is 11.4 Å². The third kappa shape index (κ3) is 4.29. The molecule has 1 saturated heterocycles. The highest BCUT2D eigenvalue weighted by Gasteiger charge is 2.21. The number of amides is 1. The first-order chi connectivity index (χ1) is 13.2. The molecule has 2 aromatic rings. The number of thioether (sulfide) groups is 1. The molecule has 2 fully saturated rings. The number of rotatable bonds is 5. The Balaban J connectivity index is 1.48. The van der Waals surface area contributed by atoms with E-state index in [9.17, 15) is 4.79 Å². The predicted octanol–water partition coefficient (Wildman–Crippen LogP) is 5.28. The second-order valence-corrected chi connectivity index (χ2v) is 8.82. The zero-order valence-electron chi connectivity index (χ0n) is 15.9. The van der Waals surface area contributed by atoms with E-state index in [-0.39, 0.29) is 5.91 Å². The summed E-state index contributed by atoms with van der Waals surface area (Å²) in [4.78, 5) is 19.8. The molecule has 0 spiro atoms. The molecule has 1 aromatic carbocycles. The van der Waals surface area contributed by atoms with Crippen molar-refractivity contribution in [3.63, 3.8) is 0 Å². The monoisotopic (exact) mass is 381 g/mol. The minimum Gasteiger partial charge on any atom is -0.371 e. The maximum absolute atomic E-state index is 12.9. The largest absolute Gasteiger partial charge is 0.371 e. The molecule has 4 nitrogen and oxygen atoms in total. The van der Waals surface area contributed by atoms with Crippen molar-refractivity contribution in [1.82, 2.24) is 4.98 Å². The molecule has 0 bridgehead atoms. The van der Waals surface area contributed by atoms with Gasteiger partial charge < -0.3 is 10.2 Å². The average Bonchev–Trinajstić information content (AvgIpc) is 3.36. The molecule has 2 aliphatic rings. The topological polar surface area (TPSA) is 45.2 Å². The number of nitrogens with one attached hydrogen (secondary N) is 1. The minimum absolute atomic E-state index is 0.0723. The standard InChI is InChI=1S/C22H27N3OS/c1-16-15-17(10-11-20(16)25-13-4-5-14-25)24-21(26)19-9-6-12-23-22(19)27-18-7-2-3-8-18/h6,9-12,15,18H,2-5,7-8,13-14H2,1H3,(H,24,26). The Hall–Kier alpha value is -2.01. The summed E-state index contributed by atoms with van der Waals surface area (Å²) in [5.41, 5.74) is 4.02. The van der Waals surface area contributed by atoms with Crippen LogP contribution in [0, 0.1) is 6.92 Å². The van der Waals surface area contributed by atoms with Gasteiger partial charge in [-0.2, -0.15) is 0 Å². The predicted molar refractivity (Wildman–Crippen MR) is 113 cm³/mol. The fourth-order valence-corrected chi connectivity index (χ4v) is 5.36. The van der Waals surface area contributed by atoms with Gasteiger partial charge in [0.1, 0.15) is 5.03 Å². The van der Waals surface area contributed by atoms with Crippen LogP contribution in [0.25, 0.3) is 0 Å². The zero-order valence-corrected chi connectivity index (χ0v) is 16.7. The van der Waals surface area contributed by atoms with Gasteiger partial charge in [-0.05, 0) is 68.5 Å². The van der Waals surface area contributed by atoms with Gasteiger partial charge >= 0.3 is 0 Å². The second-order valence-electron chi connectivity index (χ2n) is 7.53. The van der Waals surface area contributed by atoms with E-state index in [0.717, 1.165) is 23.8 Å². The van der Waals surface area contributed by atoms with Crippen molar-refractivity contribution in [3.8, 4) is 0 Å².